The third-order valence-corrected chi connectivity index (χ3v) is 4.80. The number of aromatic hydroxyl groups is 1. The summed E-state index contributed by atoms with van der Waals surface area (Å²) >= 11 is 0. The van der Waals surface area contributed by atoms with E-state index in [1.807, 2.05) is 6.92 Å². The number of methoxy groups -OCH3 is 1. The quantitative estimate of drug-likeness (QED) is 0.662. The number of rotatable bonds is 5. The summed E-state index contributed by atoms with van der Waals surface area (Å²) in [4.78, 5) is 25.5. The second-order valence-corrected chi connectivity index (χ2v) is 6.55. The average molecular weight is 345 g/mol. The Bertz CT molecular complexity index is 849. The molecule has 1 fully saturated rings. The molecule has 0 bridgehead atoms. The Kier molecular flexibility index (Phi) is 5.08. The van der Waals surface area contributed by atoms with Crippen LogP contribution in [0.25, 0.3) is 11.0 Å². The van der Waals surface area contributed by atoms with E-state index in [1.54, 1.807) is 6.07 Å². The summed E-state index contributed by atoms with van der Waals surface area (Å²) in [5.74, 6) is -0.214. The molecule has 0 radical (unpaired) electrons. The fourth-order valence-electron chi connectivity index (χ4n) is 3.41. The molecule has 134 valence electrons. The topological polar surface area (TPSA) is 80.0 Å². The smallest absolute Gasteiger partial charge is 0.336 e. The van der Waals surface area contributed by atoms with Crippen LogP contribution in [0.15, 0.2) is 21.3 Å². The molecule has 2 aromatic rings. The maximum absolute atomic E-state index is 11.8. The van der Waals surface area contributed by atoms with Crippen LogP contribution in [-0.2, 0) is 22.5 Å². The third kappa shape index (κ3) is 3.69. The van der Waals surface area contributed by atoms with Crippen molar-refractivity contribution in [2.24, 2.45) is 0 Å². The molecule has 6 nitrogen and oxygen atoms in total. The summed E-state index contributed by atoms with van der Waals surface area (Å²) in [5.41, 5.74) is 2.11. The number of fused-ring (bicyclic) bond motifs is 1. The fourth-order valence-corrected chi connectivity index (χ4v) is 3.41. The van der Waals surface area contributed by atoms with Gasteiger partial charge in [0, 0.05) is 24.4 Å². The van der Waals surface area contributed by atoms with Gasteiger partial charge in [0.05, 0.1) is 12.7 Å². The van der Waals surface area contributed by atoms with Gasteiger partial charge in [-0.2, -0.15) is 0 Å². The van der Waals surface area contributed by atoms with Crippen LogP contribution in [0.5, 0.6) is 5.75 Å². The van der Waals surface area contributed by atoms with Gasteiger partial charge in [-0.15, -0.1) is 0 Å². The zero-order valence-corrected chi connectivity index (χ0v) is 14.6. The largest absolute Gasteiger partial charge is 0.507 e. The van der Waals surface area contributed by atoms with E-state index in [4.69, 9.17) is 4.42 Å². The predicted octanol–water partition coefficient (Wildman–Crippen LogP) is 2.51. The van der Waals surface area contributed by atoms with Crippen LogP contribution in [0.1, 0.15) is 36.0 Å². The first-order valence-corrected chi connectivity index (χ1v) is 8.57. The van der Waals surface area contributed by atoms with Crippen molar-refractivity contribution in [3.63, 3.8) is 0 Å². The standard InChI is InChI=1S/C19H23NO5/c1-12-9-17(22)25-19-14(12)10-13(5-6-16(21)24-2)18(23)15(19)11-20-7-3-4-8-20/h9-10,23H,3-8,11H2,1-2H3. The molecule has 2 heterocycles. The van der Waals surface area contributed by atoms with Gasteiger partial charge < -0.3 is 14.3 Å². The van der Waals surface area contributed by atoms with Crippen molar-refractivity contribution in [1.82, 2.24) is 4.90 Å². The maximum Gasteiger partial charge on any atom is 0.336 e. The van der Waals surface area contributed by atoms with Crippen molar-refractivity contribution >= 4 is 16.9 Å². The van der Waals surface area contributed by atoms with Crippen molar-refractivity contribution < 1.29 is 19.1 Å². The summed E-state index contributed by atoms with van der Waals surface area (Å²) in [6, 6.07) is 3.25. The van der Waals surface area contributed by atoms with Gasteiger partial charge in [0.15, 0.2) is 0 Å². The van der Waals surface area contributed by atoms with Gasteiger partial charge in [-0.25, -0.2) is 4.79 Å². The molecule has 1 aromatic heterocycles. The zero-order chi connectivity index (χ0) is 18.0. The maximum atomic E-state index is 11.8. The van der Waals surface area contributed by atoms with E-state index in [0.717, 1.165) is 36.9 Å². The highest BCUT2D eigenvalue weighted by molar-refractivity contribution is 5.86. The molecule has 1 saturated heterocycles. The molecule has 0 spiro atoms. The predicted molar refractivity (Wildman–Crippen MR) is 93.7 cm³/mol. The highest BCUT2D eigenvalue weighted by atomic mass is 16.5. The highest BCUT2D eigenvalue weighted by Crippen LogP contribution is 2.34. The number of phenols is 1. The van der Waals surface area contributed by atoms with Gasteiger partial charge in [-0.1, -0.05) is 0 Å². The number of carbonyl (C=O) groups excluding carboxylic acids is 1. The third-order valence-electron chi connectivity index (χ3n) is 4.80. The number of carbonyl (C=O) groups is 1. The first kappa shape index (κ1) is 17.5. The monoisotopic (exact) mass is 345 g/mol. The number of likely N-dealkylation sites (tertiary alicyclic amines) is 1. The molecule has 1 aliphatic heterocycles. The molecule has 1 N–H and O–H groups in total. The van der Waals surface area contributed by atoms with E-state index < -0.39 is 5.63 Å². The van der Waals surface area contributed by atoms with Crippen LogP contribution < -0.4 is 5.63 Å². The van der Waals surface area contributed by atoms with Crippen molar-refractivity contribution in [3.05, 3.63) is 39.2 Å². The molecule has 3 rings (SSSR count). The van der Waals surface area contributed by atoms with Crippen LogP contribution in [-0.4, -0.2) is 36.2 Å². The van der Waals surface area contributed by atoms with Gasteiger partial charge in [0.2, 0.25) is 0 Å². The van der Waals surface area contributed by atoms with Crippen molar-refractivity contribution in [2.75, 3.05) is 20.2 Å². The molecule has 0 saturated carbocycles. The number of esters is 1. The van der Waals surface area contributed by atoms with Crippen LogP contribution in [0.3, 0.4) is 0 Å². The van der Waals surface area contributed by atoms with E-state index in [2.05, 4.69) is 9.64 Å². The Hall–Kier alpha value is -2.34. The summed E-state index contributed by atoms with van der Waals surface area (Å²) in [7, 11) is 1.35. The van der Waals surface area contributed by atoms with Crippen molar-refractivity contribution in [3.8, 4) is 5.75 Å². The Balaban J connectivity index is 2.09. The second-order valence-electron chi connectivity index (χ2n) is 6.55. The van der Waals surface area contributed by atoms with Crippen molar-refractivity contribution in [1.29, 1.82) is 0 Å². The minimum absolute atomic E-state index is 0.108. The Morgan fingerprint density at radius 3 is 2.72 bits per heavy atom. The van der Waals surface area contributed by atoms with Crippen LogP contribution in [0, 0.1) is 6.92 Å². The summed E-state index contributed by atoms with van der Waals surface area (Å²) < 4.78 is 10.1. The molecule has 0 aliphatic carbocycles. The first-order chi connectivity index (χ1) is 12.0. The minimum atomic E-state index is -0.422. The highest BCUT2D eigenvalue weighted by Gasteiger charge is 2.21. The molecule has 25 heavy (non-hydrogen) atoms. The number of nitrogens with zero attached hydrogens (tertiary/aromatic N) is 1. The van der Waals surface area contributed by atoms with E-state index in [0.29, 0.717) is 29.7 Å². The summed E-state index contributed by atoms with van der Waals surface area (Å²) in [6.07, 6.45) is 2.82. The van der Waals surface area contributed by atoms with E-state index in [9.17, 15) is 14.7 Å². The lowest BCUT2D eigenvalue weighted by Gasteiger charge is -2.19. The minimum Gasteiger partial charge on any atom is -0.507 e. The lowest BCUT2D eigenvalue weighted by Crippen LogP contribution is -2.19. The normalized spacial score (nSPS) is 15.0. The molecule has 0 amide bonds. The second kappa shape index (κ2) is 7.27. The molecule has 1 aliphatic rings. The Labute approximate surface area is 146 Å². The fraction of sp³-hybridized carbons (Fsp3) is 0.474. The first-order valence-electron chi connectivity index (χ1n) is 8.57. The number of phenolic OH excluding ortho intramolecular Hbond substituents is 1. The van der Waals surface area contributed by atoms with E-state index in [1.165, 1.54) is 13.2 Å². The molecule has 1 aromatic carbocycles. The molecule has 6 heteroatoms. The number of aryl methyl sites for hydroxylation is 2. The lowest BCUT2D eigenvalue weighted by atomic mass is 9.98. The molecule has 0 unspecified atom stereocenters. The summed E-state index contributed by atoms with van der Waals surface area (Å²) in [6.45, 7) is 4.30. The van der Waals surface area contributed by atoms with Crippen LogP contribution in [0.2, 0.25) is 0 Å². The van der Waals surface area contributed by atoms with Gasteiger partial charge >= 0.3 is 11.6 Å². The Morgan fingerprint density at radius 1 is 1.32 bits per heavy atom. The van der Waals surface area contributed by atoms with Crippen LogP contribution >= 0.6 is 0 Å². The molecule has 0 atom stereocenters. The Morgan fingerprint density at radius 2 is 2.04 bits per heavy atom. The molecular weight excluding hydrogens is 322 g/mol. The van der Waals surface area contributed by atoms with Gasteiger partial charge in [0.25, 0.3) is 0 Å². The van der Waals surface area contributed by atoms with Gasteiger partial charge in [0.1, 0.15) is 11.3 Å². The lowest BCUT2D eigenvalue weighted by molar-refractivity contribution is -0.140. The van der Waals surface area contributed by atoms with E-state index in [-0.39, 0.29) is 18.1 Å². The number of hydrogen-bond acceptors (Lipinski definition) is 6. The van der Waals surface area contributed by atoms with Gasteiger partial charge in [-0.05, 0) is 56.5 Å². The number of ether oxygens (including phenoxy) is 1. The van der Waals surface area contributed by atoms with Gasteiger partial charge in [-0.3, -0.25) is 9.69 Å². The SMILES string of the molecule is COC(=O)CCc1cc2c(C)cc(=O)oc2c(CN2CCCC2)c1O. The zero-order valence-electron chi connectivity index (χ0n) is 14.6. The van der Waals surface area contributed by atoms with E-state index >= 15 is 0 Å². The average Bonchev–Trinajstić information content (AvgIpc) is 3.09. The van der Waals surface area contributed by atoms with Crippen LogP contribution in [0.4, 0.5) is 0 Å². The number of hydrogen-bond donors (Lipinski definition) is 1. The molecular formula is C19H23NO5. The van der Waals surface area contributed by atoms with Crippen molar-refractivity contribution in [2.45, 2.75) is 39.2 Å². The summed E-state index contributed by atoms with van der Waals surface area (Å²) in [5, 5.41) is 11.6. The number of benzene rings is 1.